The van der Waals surface area contributed by atoms with Crippen molar-refractivity contribution in [2.45, 2.75) is 12.5 Å². The van der Waals surface area contributed by atoms with Crippen LogP contribution in [0.2, 0.25) is 0 Å². The van der Waals surface area contributed by atoms with Gasteiger partial charge in [0.25, 0.3) is 0 Å². The summed E-state index contributed by atoms with van der Waals surface area (Å²) in [5, 5.41) is 19.7. The number of aliphatic hydroxyl groups is 1. The maximum Gasteiger partial charge on any atom is 0.317 e. The van der Waals surface area contributed by atoms with Gasteiger partial charge in [0.15, 0.2) is 5.54 Å². The Bertz CT molecular complexity index is 182. The quantitative estimate of drug-likeness (QED) is 0.335. The molecule has 0 spiro atoms. The van der Waals surface area contributed by atoms with E-state index in [1.54, 1.807) is 0 Å². The summed E-state index contributed by atoms with van der Waals surface area (Å²) in [6.45, 7) is 0.432. The summed E-state index contributed by atoms with van der Waals surface area (Å²) in [5.74, 6) is -1.34. The molecule has 0 aliphatic heterocycles. The van der Waals surface area contributed by atoms with Gasteiger partial charge in [0.2, 0.25) is 0 Å². The standard InChI is InChI=1S/C4H7N3O3/c1-4(2-8,3(9)10)6-7-5/h8H,2H2,1H3,(H,9,10). The average Bonchev–Trinajstić information content (AvgIpc) is 1.88. The maximum absolute atomic E-state index is 10.2. The Morgan fingerprint density at radius 2 is 2.40 bits per heavy atom. The number of azide groups is 1. The van der Waals surface area contributed by atoms with E-state index in [0.29, 0.717) is 0 Å². The lowest BCUT2D eigenvalue weighted by Crippen LogP contribution is -2.36. The Labute approximate surface area is 56.7 Å². The van der Waals surface area contributed by atoms with Crippen molar-refractivity contribution in [3.63, 3.8) is 0 Å². The molecule has 0 aromatic heterocycles. The van der Waals surface area contributed by atoms with Gasteiger partial charge < -0.3 is 10.2 Å². The highest BCUT2D eigenvalue weighted by molar-refractivity contribution is 5.78. The van der Waals surface area contributed by atoms with Crippen LogP contribution in [0.25, 0.3) is 10.4 Å². The Morgan fingerprint density at radius 1 is 1.90 bits per heavy atom. The molecule has 0 fully saturated rings. The largest absolute Gasteiger partial charge is 0.481 e. The van der Waals surface area contributed by atoms with E-state index >= 15 is 0 Å². The molecule has 6 heteroatoms. The van der Waals surface area contributed by atoms with E-state index in [1.165, 1.54) is 0 Å². The second-order valence-corrected chi connectivity index (χ2v) is 1.93. The van der Waals surface area contributed by atoms with Gasteiger partial charge in [-0.15, -0.1) is 0 Å². The van der Waals surface area contributed by atoms with Crippen LogP contribution in [0.1, 0.15) is 6.92 Å². The highest BCUT2D eigenvalue weighted by atomic mass is 16.4. The smallest absolute Gasteiger partial charge is 0.317 e. The van der Waals surface area contributed by atoms with Crippen molar-refractivity contribution in [2.24, 2.45) is 5.11 Å². The van der Waals surface area contributed by atoms with E-state index in [1.807, 2.05) is 0 Å². The van der Waals surface area contributed by atoms with Gasteiger partial charge in [-0.1, -0.05) is 5.11 Å². The summed E-state index contributed by atoms with van der Waals surface area (Å²) in [7, 11) is 0. The molecule has 10 heavy (non-hydrogen) atoms. The number of hydrogen-bond acceptors (Lipinski definition) is 3. The van der Waals surface area contributed by atoms with Crippen LogP contribution in [0.5, 0.6) is 0 Å². The fourth-order valence-corrected chi connectivity index (χ4v) is 0.241. The van der Waals surface area contributed by atoms with Crippen LogP contribution in [0.4, 0.5) is 0 Å². The molecule has 0 radical (unpaired) electrons. The monoisotopic (exact) mass is 145 g/mol. The zero-order valence-electron chi connectivity index (χ0n) is 5.35. The van der Waals surface area contributed by atoms with E-state index < -0.39 is 18.1 Å². The van der Waals surface area contributed by atoms with Gasteiger partial charge in [0, 0.05) is 4.91 Å². The van der Waals surface area contributed by atoms with E-state index in [-0.39, 0.29) is 0 Å². The topological polar surface area (TPSA) is 106 Å². The lowest BCUT2D eigenvalue weighted by molar-refractivity contribution is -0.144. The molecule has 0 saturated heterocycles. The first-order valence-electron chi connectivity index (χ1n) is 2.47. The summed E-state index contributed by atoms with van der Waals surface area (Å²) in [6.07, 6.45) is 0. The molecule has 0 bridgehead atoms. The van der Waals surface area contributed by atoms with Crippen LogP contribution in [0.3, 0.4) is 0 Å². The third kappa shape index (κ3) is 1.61. The molecule has 0 aromatic rings. The second kappa shape index (κ2) is 3.05. The number of rotatable bonds is 3. The third-order valence-corrected chi connectivity index (χ3v) is 1.03. The first kappa shape index (κ1) is 8.74. The zero-order valence-corrected chi connectivity index (χ0v) is 5.35. The third-order valence-electron chi connectivity index (χ3n) is 1.03. The van der Waals surface area contributed by atoms with Gasteiger partial charge in [-0.3, -0.25) is 4.79 Å². The Kier molecular flexibility index (Phi) is 2.66. The minimum atomic E-state index is -1.73. The molecule has 0 saturated carbocycles. The van der Waals surface area contributed by atoms with E-state index in [0.717, 1.165) is 6.92 Å². The number of aliphatic hydroxyl groups excluding tert-OH is 1. The molecule has 2 N–H and O–H groups in total. The number of aliphatic carboxylic acids is 1. The van der Waals surface area contributed by atoms with Gasteiger partial charge in [-0.2, -0.15) is 0 Å². The lowest BCUT2D eigenvalue weighted by Gasteiger charge is -2.13. The summed E-state index contributed by atoms with van der Waals surface area (Å²) < 4.78 is 0. The second-order valence-electron chi connectivity index (χ2n) is 1.93. The van der Waals surface area contributed by atoms with Crippen LogP contribution in [0, 0.1) is 0 Å². The summed E-state index contributed by atoms with van der Waals surface area (Å²) >= 11 is 0. The molecule has 1 atom stereocenters. The number of carboxylic acids is 1. The van der Waals surface area contributed by atoms with E-state index in [2.05, 4.69) is 10.0 Å². The van der Waals surface area contributed by atoms with Gasteiger partial charge in [0.05, 0.1) is 6.61 Å². The van der Waals surface area contributed by atoms with Crippen molar-refractivity contribution in [2.75, 3.05) is 6.61 Å². The molecular formula is C4H7N3O3. The first-order valence-corrected chi connectivity index (χ1v) is 2.47. The zero-order chi connectivity index (χ0) is 8.20. The Hall–Kier alpha value is -1.26. The SMILES string of the molecule is CC(CO)(N=[N+]=[N-])C(=O)O. The molecule has 1 unspecified atom stereocenters. The molecule has 0 heterocycles. The van der Waals surface area contributed by atoms with Gasteiger partial charge in [0.1, 0.15) is 0 Å². The van der Waals surface area contributed by atoms with Crippen LogP contribution in [-0.2, 0) is 4.79 Å². The minimum absolute atomic E-state index is 0.702. The first-order chi connectivity index (χ1) is 4.56. The number of carboxylic acid groups (broad SMARTS) is 1. The highest BCUT2D eigenvalue weighted by Gasteiger charge is 2.30. The maximum atomic E-state index is 10.2. The predicted molar refractivity (Wildman–Crippen MR) is 32.3 cm³/mol. The normalized spacial score (nSPS) is 15.0. The van der Waals surface area contributed by atoms with Crippen molar-refractivity contribution >= 4 is 5.97 Å². The molecule has 6 nitrogen and oxygen atoms in total. The number of nitrogens with zero attached hydrogens (tertiary/aromatic N) is 3. The van der Waals surface area contributed by atoms with Crippen molar-refractivity contribution in [1.29, 1.82) is 0 Å². The molecule has 0 rings (SSSR count). The van der Waals surface area contributed by atoms with Crippen LogP contribution < -0.4 is 0 Å². The molecule has 0 aliphatic rings. The fraction of sp³-hybridized carbons (Fsp3) is 0.750. The average molecular weight is 145 g/mol. The summed E-state index contributed by atoms with van der Waals surface area (Å²) in [4.78, 5) is 12.5. The van der Waals surface area contributed by atoms with E-state index in [4.69, 9.17) is 15.7 Å². The lowest BCUT2D eigenvalue weighted by atomic mass is 10.1. The van der Waals surface area contributed by atoms with Crippen LogP contribution in [-0.4, -0.2) is 28.3 Å². The van der Waals surface area contributed by atoms with E-state index in [9.17, 15) is 4.79 Å². The predicted octanol–water partition coefficient (Wildman–Crippen LogP) is 0.132. The molecule has 0 aliphatic carbocycles. The molecular weight excluding hydrogens is 138 g/mol. The number of carbonyl (C=O) groups is 1. The van der Waals surface area contributed by atoms with Gasteiger partial charge in [-0.05, 0) is 12.5 Å². The van der Waals surface area contributed by atoms with Crippen LogP contribution >= 0.6 is 0 Å². The van der Waals surface area contributed by atoms with Gasteiger partial charge in [-0.25, -0.2) is 0 Å². The fourth-order valence-electron chi connectivity index (χ4n) is 0.241. The Morgan fingerprint density at radius 3 is 2.50 bits per heavy atom. The Balaban J connectivity index is 4.54. The minimum Gasteiger partial charge on any atom is -0.481 e. The van der Waals surface area contributed by atoms with Crippen molar-refractivity contribution < 1.29 is 15.0 Å². The van der Waals surface area contributed by atoms with Gasteiger partial charge >= 0.3 is 5.97 Å². The van der Waals surface area contributed by atoms with Crippen molar-refractivity contribution in [3.05, 3.63) is 10.4 Å². The molecule has 0 aromatic carbocycles. The highest BCUT2D eigenvalue weighted by Crippen LogP contribution is 2.08. The summed E-state index contributed by atoms with van der Waals surface area (Å²) in [5.41, 5.74) is 6.14. The molecule has 0 amide bonds. The summed E-state index contributed by atoms with van der Waals surface area (Å²) in [6, 6.07) is 0. The number of hydrogen-bond donors (Lipinski definition) is 2. The van der Waals surface area contributed by atoms with Crippen LogP contribution in [0.15, 0.2) is 5.11 Å². The molecule has 56 valence electrons. The van der Waals surface area contributed by atoms with Crippen molar-refractivity contribution in [3.8, 4) is 0 Å². The van der Waals surface area contributed by atoms with Crippen molar-refractivity contribution in [1.82, 2.24) is 0 Å².